The topological polar surface area (TPSA) is 28.2 Å². The summed E-state index contributed by atoms with van der Waals surface area (Å²) < 4.78 is 7.78. The first kappa shape index (κ1) is 74.4. The Morgan fingerprint density at radius 3 is 0.781 bits per heavy atom. The van der Waals surface area contributed by atoms with Crippen molar-refractivity contribution < 1.29 is 42.2 Å². The summed E-state index contributed by atoms with van der Waals surface area (Å²) in [6.07, 6.45) is 14.8. The molecule has 0 spiro atoms. The van der Waals surface area contributed by atoms with Crippen LogP contribution in [0.4, 0.5) is 0 Å². The van der Waals surface area contributed by atoms with Gasteiger partial charge in [0.25, 0.3) is 0 Å². The molecular formula is C92H112HfN2Zr-8. The fourth-order valence-corrected chi connectivity index (χ4v) is 37.4. The van der Waals surface area contributed by atoms with Crippen LogP contribution in [0.1, 0.15) is 232 Å². The van der Waals surface area contributed by atoms with Crippen molar-refractivity contribution in [2.24, 2.45) is 0 Å². The molecule has 0 saturated heterocycles. The molecule has 0 radical (unpaired) electrons. The molecule has 8 aromatic rings. The van der Waals surface area contributed by atoms with E-state index in [0.717, 1.165) is 25.7 Å². The van der Waals surface area contributed by atoms with Gasteiger partial charge in [-0.3, -0.25) is 0 Å². The van der Waals surface area contributed by atoms with Gasteiger partial charge in [-0.15, -0.1) is 0 Å². The number of benzene rings is 8. The molecule has 0 fully saturated rings. The van der Waals surface area contributed by atoms with Gasteiger partial charge in [-0.1, -0.05) is 0 Å². The maximum atomic E-state index is 3.50. The van der Waals surface area contributed by atoms with Crippen LogP contribution in [0.5, 0.6) is 0 Å². The summed E-state index contributed by atoms with van der Waals surface area (Å²) >= 11 is -4.78. The van der Waals surface area contributed by atoms with E-state index in [1.54, 1.807) is 72.7 Å². The Labute approximate surface area is 597 Å². The van der Waals surface area contributed by atoms with Gasteiger partial charge in [0, 0.05) is 0 Å². The van der Waals surface area contributed by atoms with E-state index in [2.05, 4.69) is 337 Å². The first-order chi connectivity index (χ1) is 45.7. The van der Waals surface area contributed by atoms with Gasteiger partial charge in [0.1, 0.15) is 0 Å². The van der Waals surface area contributed by atoms with Crippen LogP contribution < -0.4 is 0 Å². The molecule has 4 heteroatoms. The van der Waals surface area contributed by atoms with Crippen LogP contribution in [0, 0.1) is 0 Å². The summed E-state index contributed by atoms with van der Waals surface area (Å²) in [5, 5.41) is 7.00. The third-order valence-corrected chi connectivity index (χ3v) is 40.8. The molecule has 0 saturated carbocycles. The van der Waals surface area contributed by atoms with Crippen molar-refractivity contribution in [3.8, 4) is 44.5 Å². The van der Waals surface area contributed by atoms with Crippen molar-refractivity contribution in [1.29, 1.82) is 0 Å². The predicted molar refractivity (Wildman–Crippen MR) is 420 cm³/mol. The molecule has 0 bridgehead atoms. The normalized spacial score (nSPS) is 17.0. The van der Waals surface area contributed by atoms with Gasteiger partial charge in [-0.2, -0.15) is 28.2 Å². The summed E-state index contributed by atoms with van der Waals surface area (Å²) in [5.74, 6) is 0. The summed E-state index contributed by atoms with van der Waals surface area (Å²) in [7, 11) is 7.00. The number of nitrogens with zero attached hydrogens (tertiary/aromatic N) is 2. The fourth-order valence-electron chi connectivity index (χ4n) is 15.3. The van der Waals surface area contributed by atoms with Gasteiger partial charge in [-0.25, -0.2) is 0 Å². The van der Waals surface area contributed by atoms with Crippen molar-refractivity contribution in [3.63, 3.8) is 0 Å². The van der Waals surface area contributed by atoms with Crippen LogP contribution in [0.15, 0.2) is 192 Å². The number of hydrogen-bond donors (Lipinski definition) is 0. The fraction of sp³-hybridized carbons (Fsp3) is 0.370. The zero-order valence-corrected chi connectivity index (χ0v) is 68.7. The molecule has 0 heterocycles. The molecule has 0 aromatic heterocycles. The van der Waals surface area contributed by atoms with Crippen LogP contribution >= 0.6 is 0 Å². The Kier molecular flexibility index (Phi) is 24.4. The third kappa shape index (κ3) is 15.7. The SMILES string of the molecule is C[CH]=[Hf-4]([CH]1C(CC)=Cc2c(-c3ccc(C(C)(C)C)cc3)cccc21)[CH]1C(CC)=Cc2c(-c3ccc(C(C)(C)C)cc3)cccc21.C[CH]=[Zr-2]([CH]1C(CC)=Cc2c(-c3ccc(C(C)(C)C)cc3)cccc21)[CH]1C(CC)=Cc2c(-c3ccc(C(C)(C)C)cc3)cccc21.C[N-]C.C[N-]C. The largest absolute Gasteiger partial charge is 0.668 e. The van der Waals surface area contributed by atoms with E-state index in [1.807, 2.05) is 0 Å². The predicted octanol–water partition coefficient (Wildman–Crippen LogP) is 26.1. The molecule has 0 N–H and O–H groups in total. The maximum absolute atomic E-state index is 3.50. The van der Waals surface area contributed by atoms with Gasteiger partial charge in [0.05, 0.1) is 0 Å². The molecular weight excluding hydrogens is 1400 g/mol. The van der Waals surface area contributed by atoms with Crippen LogP contribution in [-0.2, 0) is 63.9 Å². The molecule has 4 atom stereocenters. The van der Waals surface area contributed by atoms with E-state index < -0.39 is 42.2 Å². The average molecular weight is 1520 g/mol. The van der Waals surface area contributed by atoms with E-state index in [9.17, 15) is 0 Å². The van der Waals surface area contributed by atoms with E-state index in [4.69, 9.17) is 0 Å². The monoisotopic (exact) mass is 1510 g/mol. The molecule has 0 aliphatic heterocycles. The Balaban J connectivity index is 0.000000208. The van der Waals surface area contributed by atoms with Crippen molar-refractivity contribution in [2.75, 3.05) is 28.2 Å². The average Bonchev–Trinajstić information content (AvgIpc) is 1.60. The van der Waals surface area contributed by atoms with Crippen LogP contribution in [-0.4, -0.2) is 35.7 Å². The van der Waals surface area contributed by atoms with Crippen LogP contribution in [0.2, 0.25) is 0 Å². The first-order valence-corrected chi connectivity index (χ1v) is 46.3. The maximum Gasteiger partial charge on any atom is -0.162 e. The number of hydrogen-bond acceptors (Lipinski definition) is 0. The minimum atomic E-state index is -2.50. The van der Waals surface area contributed by atoms with Crippen molar-refractivity contribution in [3.05, 3.63) is 270 Å². The zero-order chi connectivity index (χ0) is 69.6. The van der Waals surface area contributed by atoms with Crippen molar-refractivity contribution in [2.45, 2.75) is 187 Å². The van der Waals surface area contributed by atoms with E-state index >= 15 is 0 Å². The van der Waals surface area contributed by atoms with Crippen molar-refractivity contribution >= 4 is 31.8 Å². The number of fused-ring (bicyclic) bond motifs is 4. The smallest absolute Gasteiger partial charge is 0.162 e. The standard InChI is InChI=1S/4C21H23.2C2H6N.2C2H4.Hf.Zr/c4*1-5-15-13-17-7-6-8-19(20(17)14-15)16-9-11-18(12-10-16)21(2,3)4;2*1-3-2;2*1-2;;/h4*6-14H,5H2,1-4H3;2*1-2H3;2*1H,2H3;;/q;;;;2*-1;;;-4;-2. The van der Waals surface area contributed by atoms with Gasteiger partial charge in [0.15, 0.2) is 0 Å². The van der Waals surface area contributed by atoms with Crippen LogP contribution in [0.3, 0.4) is 0 Å². The molecule has 4 aliphatic rings. The zero-order valence-electron chi connectivity index (χ0n) is 62.7. The quantitative estimate of drug-likeness (QED) is 0.109. The second-order valence-electron chi connectivity index (χ2n) is 31.0. The van der Waals surface area contributed by atoms with Gasteiger partial charge in [-0.05, 0) is 0 Å². The molecule has 8 aromatic carbocycles. The molecule has 4 aliphatic carbocycles. The summed E-state index contributed by atoms with van der Waals surface area (Å²) in [6.45, 7) is 41.8. The Bertz CT molecular complexity index is 3680. The van der Waals surface area contributed by atoms with E-state index in [-0.39, 0.29) is 21.7 Å². The Morgan fingerprint density at radius 1 is 0.333 bits per heavy atom. The molecule has 12 rings (SSSR count). The number of allylic oxidation sites excluding steroid dienone is 4. The van der Waals surface area contributed by atoms with E-state index in [1.165, 1.54) is 89.0 Å². The summed E-state index contributed by atoms with van der Waals surface area (Å²) in [4.78, 5) is 0. The number of rotatable bonds is 12. The van der Waals surface area contributed by atoms with Crippen LogP contribution in [0.25, 0.3) is 79.4 Å². The second-order valence-corrected chi connectivity index (χ2v) is 47.6. The van der Waals surface area contributed by atoms with E-state index in [0.29, 0.717) is 14.6 Å². The molecule has 4 unspecified atom stereocenters. The minimum absolute atomic E-state index is 0.160. The molecule has 96 heavy (non-hydrogen) atoms. The summed E-state index contributed by atoms with van der Waals surface area (Å²) in [5.41, 5.74) is 35.9. The molecule has 2 nitrogen and oxygen atoms in total. The summed E-state index contributed by atoms with van der Waals surface area (Å²) in [6, 6.07) is 65.9. The molecule has 506 valence electrons. The minimum Gasteiger partial charge on any atom is -0.668 e. The van der Waals surface area contributed by atoms with Crippen molar-refractivity contribution in [1.82, 2.24) is 0 Å². The van der Waals surface area contributed by atoms with Gasteiger partial charge in [0.2, 0.25) is 0 Å². The Hall–Kier alpha value is -5.87. The Morgan fingerprint density at radius 2 is 0.562 bits per heavy atom. The third-order valence-electron chi connectivity index (χ3n) is 20.5. The second kappa shape index (κ2) is 31.6. The first-order valence-electron chi connectivity index (χ1n) is 35.8. The molecule has 0 amide bonds. The van der Waals surface area contributed by atoms with Gasteiger partial charge >= 0.3 is 564 Å². The van der Waals surface area contributed by atoms with Gasteiger partial charge < -0.3 is 10.6 Å².